The van der Waals surface area contributed by atoms with Crippen molar-refractivity contribution in [3.05, 3.63) is 169 Å². The highest BCUT2D eigenvalue weighted by Crippen LogP contribution is 2.51. The van der Waals surface area contributed by atoms with Crippen LogP contribution >= 0.6 is 11.3 Å². The quantitative estimate of drug-likeness (QED) is 0.164. The zero-order valence-electron chi connectivity index (χ0n) is 29.3. The van der Waals surface area contributed by atoms with Crippen molar-refractivity contribution in [2.24, 2.45) is 0 Å². The average Bonchev–Trinajstić information content (AvgIpc) is 3.81. The summed E-state index contributed by atoms with van der Waals surface area (Å²) in [4.78, 5) is 0. The van der Waals surface area contributed by atoms with Crippen molar-refractivity contribution in [1.29, 1.82) is 0 Å². The number of rotatable bonds is 2. The van der Waals surface area contributed by atoms with Gasteiger partial charge in [-0.2, -0.15) is 0 Å². The maximum atomic E-state index is 6.29. The summed E-state index contributed by atoms with van der Waals surface area (Å²) in [5, 5.41) is 12.5. The molecule has 1 nitrogen and oxygen atoms in total. The molecule has 9 aromatic carbocycles. The third-order valence-corrected chi connectivity index (χ3v) is 13.1. The van der Waals surface area contributed by atoms with Crippen LogP contribution in [0.2, 0.25) is 0 Å². The van der Waals surface area contributed by atoms with E-state index in [0.29, 0.717) is 0 Å². The molecule has 0 saturated heterocycles. The number of hydrogen-bond acceptors (Lipinski definition) is 2. The summed E-state index contributed by atoms with van der Waals surface area (Å²) in [5.41, 5.74) is 12.4. The molecule has 11 aromatic rings. The van der Waals surface area contributed by atoms with E-state index < -0.39 is 0 Å². The van der Waals surface area contributed by atoms with Gasteiger partial charge in [0.25, 0.3) is 0 Å². The highest BCUT2D eigenvalue weighted by Gasteiger charge is 2.35. The highest BCUT2D eigenvalue weighted by molar-refractivity contribution is 7.25. The molecule has 12 rings (SSSR count). The second kappa shape index (κ2) is 10.4. The monoisotopic (exact) mass is 692 g/mol. The van der Waals surface area contributed by atoms with Gasteiger partial charge in [0, 0.05) is 36.4 Å². The van der Waals surface area contributed by atoms with E-state index in [9.17, 15) is 0 Å². The standard InChI is InChI=1S/C51H32OS/c1-51(2)43-17-9-7-11-33(43)34-21-19-30(26-44(34)51)50-38-15-5-3-13-36(38)49(37-14-4-6-16-39(37)50)29-20-22-47-41(23-29)42-25-31-27-46-40(24-32(31)28-48(42)53-47)35-12-8-10-18-45(35)52-46/h3-28H,1-2H3. The van der Waals surface area contributed by atoms with E-state index >= 15 is 0 Å². The van der Waals surface area contributed by atoms with Crippen molar-refractivity contribution in [3.8, 4) is 33.4 Å². The Labute approximate surface area is 310 Å². The van der Waals surface area contributed by atoms with Crippen LogP contribution in [-0.4, -0.2) is 0 Å². The molecule has 0 fully saturated rings. The fourth-order valence-corrected chi connectivity index (χ4v) is 10.6. The van der Waals surface area contributed by atoms with Gasteiger partial charge in [-0.25, -0.2) is 0 Å². The van der Waals surface area contributed by atoms with Crippen LogP contribution in [0.4, 0.5) is 0 Å². The van der Waals surface area contributed by atoms with E-state index in [2.05, 4.69) is 166 Å². The maximum Gasteiger partial charge on any atom is 0.136 e. The Bertz CT molecular complexity index is 3320. The van der Waals surface area contributed by atoms with Crippen molar-refractivity contribution >= 4 is 85.8 Å². The summed E-state index contributed by atoms with van der Waals surface area (Å²) in [5.74, 6) is 0. The van der Waals surface area contributed by atoms with Crippen LogP contribution in [-0.2, 0) is 5.41 Å². The molecule has 53 heavy (non-hydrogen) atoms. The molecule has 2 heterocycles. The average molecular weight is 693 g/mol. The van der Waals surface area contributed by atoms with Crippen molar-refractivity contribution in [1.82, 2.24) is 0 Å². The van der Waals surface area contributed by atoms with Gasteiger partial charge in [-0.05, 0) is 125 Å². The largest absolute Gasteiger partial charge is 0.456 e. The lowest BCUT2D eigenvalue weighted by Gasteiger charge is -2.23. The minimum absolute atomic E-state index is 0.0599. The molecule has 0 bridgehead atoms. The number of para-hydroxylation sites is 1. The normalized spacial score (nSPS) is 13.6. The third-order valence-electron chi connectivity index (χ3n) is 12.0. The van der Waals surface area contributed by atoms with Crippen molar-refractivity contribution in [2.75, 3.05) is 0 Å². The number of benzene rings is 9. The van der Waals surface area contributed by atoms with Gasteiger partial charge in [0.1, 0.15) is 11.2 Å². The topological polar surface area (TPSA) is 13.1 Å². The van der Waals surface area contributed by atoms with E-state index in [1.807, 2.05) is 17.4 Å². The van der Waals surface area contributed by atoms with E-state index in [1.54, 1.807) is 0 Å². The second-order valence-electron chi connectivity index (χ2n) is 15.2. The molecule has 0 N–H and O–H groups in total. The number of fused-ring (bicyclic) bond motifs is 12. The molecule has 2 heteroatoms. The fourth-order valence-electron chi connectivity index (χ4n) is 9.51. The molecule has 2 aromatic heterocycles. The lowest BCUT2D eigenvalue weighted by Crippen LogP contribution is -2.14. The van der Waals surface area contributed by atoms with Crippen LogP contribution in [0, 0.1) is 0 Å². The minimum atomic E-state index is -0.0599. The number of thiophene rings is 1. The van der Waals surface area contributed by atoms with Gasteiger partial charge < -0.3 is 4.42 Å². The summed E-state index contributed by atoms with van der Waals surface area (Å²) in [6, 6.07) is 58.8. The Kier molecular flexibility index (Phi) is 5.78. The molecule has 0 aliphatic heterocycles. The predicted octanol–water partition coefficient (Wildman–Crippen LogP) is 15.1. The molecule has 0 saturated carbocycles. The van der Waals surface area contributed by atoms with Crippen LogP contribution < -0.4 is 0 Å². The molecule has 0 spiro atoms. The summed E-state index contributed by atoms with van der Waals surface area (Å²) in [6.45, 7) is 4.74. The Balaban J connectivity index is 1.08. The Hall–Kier alpha value is -6.22. The molecule has 0 radical (unpaired) electrons. The zero-order valence-corrected chi connectivity index (χ0v) is 30.1. The Morgan fingerprint density at radius 1 is 0.396 bits per heavy atom. The van der Waals surface area contributed by atoms with Crippen molar-refractivity contribution in [2.45, 2.75) is 19.3 Å². The van der Waals surface area contributed by atoms with E-state index in [4.69, 9.17) is 4.42 Å². The molecule has 0 amide bonds. The van der Waals surface area contributed by atoms with Crippen molar-refractivity contribution < 1.29 is 4.42 Å². The lowest BCUT2D eigenvalue weighted by molar-refractivity contribution is 0.660. The number of hydrogen-bond donors (Lipinski definition) is 0. The van der Waals surface area contributed by atoms with E-state index in [1.165, 1.54) is 108 Å². The van der Waals surface area contributed by atoms with Gasteiger partial charge in [0.05, 0.1) is 0 Å². The second-order valence-corrected chi connectivity index (χ2v) is 16.3. The molecule has 1 aliphatic rings. The smallest absolute Gasteiger partial charge is 0.136 e. The molecular weight excluding hydrogens is 661 g/mol. The number of furan rings is 1. The van der Waals surface area contributed by atoms with Crippen LogP contribution in [0.1, 0.15) is 25.0 Å². The van der Waals surface area contributed by atoms with Crippen LogP contribution in [0.3, 0.4) is 0 Å². The van der Waals surface area contributed by atoms with Gasteiger partial charge in [-0.3, -0.25) is 0 Å². The molecule has 248 valence electrons. The molecule has 1 aliphatic carbocycles. The predicted molar refractivity (Wildman–Crippen MR) is 228 cm³/mol. The molecule has 0 atom stereocenters. The molecular formula is C51H32OS. The minimum Gasteiger partial charge on any atom is -0.456 e. The Morgan fingerprint density at radius 2 is 0.962 bits per heavy atom. The Morgan fingerprint density at radius 3 is 1.72 bits per heavy atom. The first-order valence-electron chi connectivity index (χ1n) is 18.4. The summed E-state index contributed by atoms with van der Waals surface area (Å²) in [6.07, 6.45) is 0. The lowest BCUT2D eigenvalue weighted by atomic mass is 9.80. The van der Waals surface area contributed by atoms with E-state index in [-0.39, 0.29) is 5.41 Å². The van der Waals surface area contributed by atoms with Gasteiger partial charge in [-0.15, -0.1) is 11.3 Å². The SMILES string of the molecule is CC1(C)c2ccccc2-c2ccc(-c3c4ccccc4c(-c4ccc5sc6cc7cc8c(cc7cc6c5c4)oc4ccccc48)c4ccccc34)cc21. The van der Waals surface area contributed by atoms with Gasteiger partial charge in [0.2, 0.25) is 0 Å². The highest BCUT2D eigenvalue weighted by atomic mass is 32.1. The van der Waals surface area contributed by atoms with Crippen LogP contribution in [0.15, 0.2) is 162 Å². The zero-order chi connectivity index (χ0) is 35.0. The first-order chi connectivity index (χ1) is 26.0. The third kappa shape index (κ3) is 4.02. The van der Waals surface area contributed by atoms with Gasteiger partial charge in [-0.1, -0.05) is 123 Å². The fraction of sp³-hybridized carbons (Fsp3) is 0.0588. The van der Waals surface area contributed by atoms with E-state index in [0.717, 1.165) is 11.2 Å². The van der Waals surface area contributed by atoms with Gasteiger partial charge in [0.15, 0.2) is 0 Å². The van der Waals surface area contributed by atoms with Crippen LogP contribution in [0.25, 0.3) is 108 Å². The first-order valence-corrected chi connectivity index (χ1v) is 19.2. The van der Waals surface area contributed by atoms with Gasteiger partial charge >= 0.3 is 0 Å². The summed E-state index contributed by atoms with van der Waals surface area (Å²) >= 11 is 1.88. The molecule has 0 unspecified atom stereocenters. The van der Waals surface area contributed by atoms with Crippen molar-refractivity contribution in [3.63, 3.8) is 0 Å². The first kappa shape index (κ1) is 29.4. The summed E-state index contributed by atoms with van der Waals surface area (Å²) < 4.78 is 8.91. The van der Waals surface area contributed by atoms with Crippen LogP contribution in [0.5, 0.6) is 0 Å². The summed E-state index contributed by atoms with van der Waals surface area (Å²) in [7, 11) is 0. The maximum absolute atomic E-state index is 6.29.